The highest BCUT2D eigenvalue weighted by molar-refractivity contribution is 7.17. The summed E-state index contributed by atoms with van der Waals surface area (Å²) in [6, 6.07) is 3.90. The van der Waals surface area contributed by atoms with Gasteiger partial charge in [0.1, 0.15) is 16.3 Å². The Balaban J connectivity index is 2.33. The Morgan fingerprint density at radius 2 is 1.94 bits per heavy atom. The van der Waals surface area contributed by atoms with Gasteiger partial charge in [-0.25, -0.2) is 9.97 Å². The molecule has 0 amide bonds. The third kappa shape index (κ3) is 1.47. The van der Waals surface area contributed by atoms with Crippen LogP contribution in [0.2, 0.25) is 5.15 Å². The van der Waals surface area contributed by atoms with Crippen LogP contribution in [-0.2, 0) is 0 Å². The minimum Gasteiger partial charge on any atom is -0.265 e. The number of fused-ring (bicyclic) bond motifs is 1. The van der Waals surface area contributed by atoms with E-state index >= 15 is 0 Å². The Kier molecular flexibility index (Phi) is 2.31. The van der Waals surface area contributed by atoms with Gasteiger partial charge in [-0.3, -0.25) is 4.98 Å². The number of hydrogen-bond acceptors (Lipinski definition) is 4. The Labute approximate surface area is 101 Å². The van der Waals surface area contributed by atoms with Crippen LogP contribution in [0.1, 0.15) is 0 Å². The fourth-order valence-electron chi connectivity index (χ4n) is 1.58. The number of rotatable bonds is 1. The lowest BCUT2D eigenvalue weighted by Crippen LogP contribution is -1.81. The SMILES string of the molecule is Clc1ncnc2scc(-c3ccncc3)c12. The van der Waals surface area contributed by atoms with E-state index in [4.69, 9.17) is 11.6 Å². The smallest absolute Gasteiger partial charge is 0.141 e. The van der Waals surface area contributed by atoms with Gasteiger partial charge in [-0.2, -0.15) is 0 Å². The average Bonchev–Trinajstić information content (AvgIpc) is 2.75. The molecule has 0 spiro atoms. The first-order chi connectivity index (χ1) is 7.86. The lowest BCUT2D eigenvalue weighted by atomic mass is 10.1. The molecule has 0 fully saturated rings. The van der Waals surface area contributed by atoms with E-state index in [1.54, 1.807) is 23.7 Å². The van der Waals surface area contributed by atoms with Crippen molar-refractivity contribution in [3.8, 4) is 11.1 Å². The molecule has 3 aromatic rings. The van der Waals surface area contributed by atoms with Crippen molar-refractivity contribution in [3.05, 3.63) is 41.4 Å². The van der Waals surface area contributed by atoms with E-state index in [0.29, 0.717) is 5.15 Å². The summed E-state index contributed by atoms with van der Waals surface area (Å²) < 4.78 is 0. The second-order valence-corrected chi connectivity index (χ2v) is 4.45. The molecule has 3 aromatic heterocycles. The van der Waals surface area contributed by atoms with Crippen LogP contribution in [0.15, 0.2) is 36.2 Å². The zero-order chi connectivity index (χ0) is 11.0. The Hall–Kier alpha value is -1.52. The van der Waals surface area contributed by atoms with Crippen molar-refractivity contribution >= 4 is 33.2 Å². The fourth-order valence-corrected chi connectivity index (χ4v) is 2.79. The molecule has 0 radical (unpaired) electrons. The van der Waals surface area contributed by atoms with Crippen molar-refractivity contribution in [1.82, 2.24) is 15.0 Å². The number of hydrogen-bond donors (Lipinski definition) is 0. The van der Waals surface area contributed by atoms with E-state index in [1.807, 2.05) is 17.5 Å². The first-order valence-corrected chi connectivity index (χ1v) is 5.90. The van der Waals surface area contributed by atoms with Crippen molar-refractivity contribution in [3.63, 3.8) is 0 Å². The predicted octanol–water partition coefficient (Wildman–Crippen LogP) is 3.41. The van der Waals surface area contributed by atoms with Gasteiger partial charge in [0.25, 0.3) is 0 Å². The van der Waals surface area contributed by atoms with E-state index in [0.717, 1.165) is 21.3 Å². The molecule has 0 aromatic carbocycles. The van der Waals surface area contributed by atoms with Crippen LogP contribution in [0.25, 0.3) is 21.3 Å². The maximum atomic E-state index is 6.09. The van der Waals surface area contributed by atoms with Crippen molar-refractivity contribution < 1.29 is 0 Å². The molecule has 0 bridgehead atoms. The molecule has 0 aliphatic rings. The number of thiophene rings is 1. The monoisotopic (exact) mass is 247 g/mol. The van der Waals surface area contributed by atoms with Gasteiger partial charge in [-0.1, -0.05) is 11.6 Å². The fraction of sp³-hybridized carbons (Fsp3) is 0. The summed E-state index contributed by atoms with van der Waals surface area (Å²) in [6.45, 7) is 0. The molecular weight excluding hydrogens is 242 g/mol. The Bertz CT molecular complexity index is 636. The van der Waals surface area contributed by atoms with E-state index in [9.17, 15) is 0 Å². The highest BCUT2D eigenvalue weighted by atomic mass is 35.5. The minimum atomic E-state index is 0.498. The van der Waals surface area contributed by atoms with Crippen LogP contribution in [0.5, 0.6) is 0 Å². The van der Waals surface area contributed by atoms with Gasteiger partial charge < -0.3 is 0 Å². The first-order valence-electron chi connectivity index (χ1n) is 4.64. The van der Waals surface area contributed by atoms with Gasteiger partial charge in [-0.15, -0.1) is 11.3 Å². The molecule has 0 atom stereocenters. The minimum absolute atomic E-state index is 0.498. The van der Waals surface area contributed by atoms with Crippen molar-refractivity contribution in [2.45, 2.75) is 0 Å². The molecule has 16 heavy (non-hydrogen) atoms. The number of pyridine rings is 1. The van der Waals surface area contributed by atoms with E-state index in [2.05, 4.69) is 15.0 Å². The highest BCUT2D eigenvalue weighted by Gasteiger charge is 2.10. The van der Waals surface area contributed by atoms with Crippen LogP contribution >= 0.6 is 22.9 Å². The summed E-state index contributed by atoms with van der Waals surface area (Å²) in [7, 11) is 0. The van der Waals surface area contributed by atoms with Crippen molar-refractivity contribution in [2.24, 2.45) is 0 Å². The molecule has 0 saturated carbocycles. The standard InChI is InChI=1S/C11H6ClN3S/c12-10-9-8(7-1-3-13-4-2-7)5-16-11(9)15-6-14-10/h1-6H. The predicted molar refractivity (Wildman–Crippen MR) is 65.7 cm³/mol. The molecular formula is C11H6ClN3S. The maximum Gasteiger partial charge on any atom is 0.141 e. The average molecular weight is 248 g/mol. The van der Waals surface area contributed by atoms with Crippen LogP contribution in [0, 0.1) is 0 Å². The zero-order valence-corrected chi connectivity index (χ0v) is 9.66. The maximum absolute atomic E-state index is 6.09. The number of nitrogens with zero attached hydrogens (tertiary/aromatic N) is 3. The van der Waals surface area contributed by atoms with Gasteiger partial charge in [0.05, 0.1) is 5.39 Å². The summed E-state index contributed by atoms with van der Waals surface area (Å²) in [5.41, 5.74) is 2.14. The zero-order valence-electron chi connectivity index (χ0n) is 8.09. The molecule has 0 unspecified atom stereocenters. The summed E-state index contributed by atoms with van der Waals surface area (Å²) >= 11 is 7.66. The topological polar surface area (TPSA) is 38.7 Å². The van der Waals surface area contributed by atoms with Gasteiger partial charge in [0.15, 0.2) is 0 Å². The quantitative estimate of drug-likeness (QED) is 0.619. The molecule has 3 rings (SSSR count). The van der Waals surface area contributed by atoms with Crippen LogP contribution in [0.4, 0.5) is 0 Å². The summed E-state index contributed by atoms with van der Waals surface area (Å²) in [6.07, 6.45) is 5.00. The molecule has 3 nitrogen and oxygen atoms in total. The van der Waals surface area contributed by atoms with Crippen molar-refractivity contribution in [1.29, 1.82) is 0 Å². The summed E-state index contributed by atoms with van der Waals surface area (Å²) in [5.74, 6) is 0. The third-order valence-corrected chi connectivity index (χ3v) is 3.49. The molecule has 0 saturated heterocycles. The first kappa shape index (κ1) is 9.69. The van der Waals surface area contributed by atoms with Gasteiger partial charge in [0, 0.05) is 23.3 Å². The molecule has 3 heterocycles. The van der Waals surface area contributed by atoms with Crippen LogP contribution in [0.3, 0.4) is 0 Å². The van der Waals surface area contributed by atoms with Crippen molar-refractivity contribution in [2.75, 3.05) is 0 Å². The van der Waals surface area contributed by atoms with Gasteiger partial charge in [-0.05, 0) is 17.7 Å². The Morgan fingerprint density at radius 1 is 1.12 bits per heavy atom. The summed E-state index contributed by atoms with van der Waals surface area (Å²) in [5, 5.41) is 3.46. The van der Waals surface area contributed by atoms with E-state index in [1.165, 1.54) is 6.33 Å². The van der Waals surface area contributed by atoms with Gasteiger partial charge in [0.2, 0.25) is 0 Å². The molecule has 0 aliphatic heterocycles. The molecule has 0 N–H and O–H groups in total. The number of aromatic nitrogens is 3. The lowest BCUT2D eigenvalue weighted by Gasteiger charge is -1.99. The lowest BCUT2D eigenvalue weighted by molar-refractivity contribution is 1.23. The second-order valence-electron chi connectivity index (χ2n) is 3.23. The van der Waals surface area contributed by atoms with Crippen LogP contribution < -0.4 is 0 Å². The largest absolute Gasteiger partial charge is 0.265 e. The Morgan fingerprint density at radius 3 is 2.75 bits per heavy atom. The summed E-state index contributed by atoms with van der Waals surface area (Å²) in [4.78, 5) is 13.1. The van der Waals surface area contributed by atoms with E-state index < -0.39 is 0 Å². The van der Waals surface area contributed by atoms with Crippen LogP contribution in [-0.4, -0.2) is 15.0 Å². The van der Waals surface area contributed by atoms with Gasteiger partial charge >= 0.3 is 0 Å². The third-order valence-electron chi connectivity index (χ3n) is 2.32. The molecule has 78 valence electrons. The second kappa shape index (κ2) is 3.81. The normalized spacial score (nSPS) is 10.8. The highest BCUT2D eigenvalue weighted by Crippen LogP contribution is 2.35. The number of halogens is 1. The van der Waals surface area contributed by atoms with E-state index in [-0.39, 0.29) is 0 Å². The molecule has 0 aliphatic carbocycles. The molecule has 5 heteroatoms.